The van der Waals surface area contributed by atoms with Crippen LogP contribution in [0.3, 0.4) is 0 Å². The van der Waals surface area contributed by atoms with Crippen molar-refractivity contribution in [2.75, 3.05) is 6.61 Å². The van der Waals surface area contributed by atoms with Crippen LogP contribution < -0.4 is 0 Å². The van der Waals surface area contributed by atoms with Gasteiger partial charge in [-0.15, -0.1) is 0 Å². The standard InChI is InChI=1S/C5H11O5P/c1-5(2,4-3-9-4)10-11(6,7)8/h4H,3H2,1-2H3,(H2,6,7,8). The molecule has 1 unspecified atom stereocenters. The van der Waals surface area contributed by atoms with E-state index in [0.717, 1.165) is 0 Å². The highest BCUT2D eigenvalue weighted by Crippen LogP contribution is 2.44. The SMILES string of the molecule is CC(C)(OP(=O)(O)O)C1CO1. The molecule has 0 radical (unpaired) electrons. The maximum absolute atomic E-state index is 10.4. The van der Waals surface area contributed by atoms with E-state index in [1.54, 1.807) is 13.8 Å². The fraction of sp³-hybridized carbons (Fsp3) is 1.00. The minimum atomic E-state index is -4.38. The van der Waals surface area contributed by atoms with Crippen molar-refractivity contribution in [2.45, 2.75) is 25.6 Å². The molecule has 1 aliphatic rings. The highest BCUT2D eigenvalue weighted by Gasteiger charge is 2.44. The predicted octanol–water partition coefficient (Wildman–Crippen LogP) is 0.273. The lowest BCUT2D eigenvalue weighted by Gasteiger charge is -2.22. The Morgan fingerprint density at radius 3 is 2.36 bits per heavy atom. The van der Waals surface area contributed by atoms with E-state index in [0.29, 0.717) is 6.61 Å². The van der Waals surface area contributed by atoms with Gasteiger partial charge in [-0.1, -0.05) is 0 Å². The summed E-state index contributed by atoms with van der Waals surface area (Å²) in [5.74, 6) is 0. The molecule has 1 aliphatic heterocycles. The molecular weight excluding hydrogens is 171 g/mol. The number of phosphoric acid groups is 1. The first-order valence-electron chi connectivity index (χ1n) is 3.19. The van der Waals surface area contributed by atoms with Crippen molar-refractivity contribution in [2.24, 2.45) is 0 Å². The zero-order valence-electron chi connectivity index (χ0n) is 6.35. The molecule has 1 atom stereocenters. The summed E-state index contributed by atoms with van der Waals surface area (Å²) < 4.78 is 19.7. The quantitative estimate of drug-likeness (QED) is 0.483. The lowest BCUT2D eigenvalue weighted by molar-refractivity contribution is 0.0401. The molecule has 2 N–H and O–H groups in total. The molecule has 6 heteroatoms. The molecule has 66 valence electrons. The molecule has 1 rings (SSSR count). The fourth-order valence-electron chi connectivity index (χ4n) is 0.815. The van der Waals surface area contributed by atoms with Crippen LogP contribution in [-0.4, -0.2) is 28.1 Å². The molecule has 11 heavy (non-hydrogen) atoms. The number of hydrogen-bond acceptors (Lipinski definition) is 3. The molecule has 0 aromatic carbocycles. The molecule has 0 aromatic rings. The molecule has 1 heterocycles. The second-order valence-corrected chi connectivity index (χ2v) is 4.17. The van der Waals surface area contributed by atoms with Crippen LogP contribution in [-0.2, 0) is 13.8 Å². The van der Waals surface area contributed by atoms with Gasteiger partial charge < -0.3 is 14.5 Å². The van der Waals surface area contributed by atoms with Crippen molar-refractivity contribution in [3.05, 3.63) is 0 Å². The Kier molecular flexibility index (Phi) is 2.11. The predicted molar refractivity (Wildman–Crippen MR) is 36.9 cm³/mol. The molecule has 0 saturated carbocycles. The van der Waals surface area contributed by atoms with Gasteiger partial charge in [0.25, 0.3) is 0 Å². The van der Waals surface area contributed by atoms with Gasteiger partial charge in [0.15, 0.2) is 0 Å². The van der Waals surface area contributed by atoms with E-state index in [1.807, 2.05) is 0 Å². The van der Waals surface area contributed by atoms with E-state index >= 15 is 0 Å². The van der Waals surface area contributed by atoms with Gasteiger partial charge in [-0.2, -0.15) is 0 Å². The van der Waals surface area contributed by atoms with Gasteiger partial charge >= 0.3 is 7.82 Å². The first-order chi connectivity index (χ1) is 4.81. The fourth-order valence-corrected chi connectivity index (χ4v) is 1.55. The van der Waals surface area contributed by atoms with Gasteiger partial charge in [0, 0.05) is 0 Å². The second kappa shape index (κ2) is 2.54. The van der Waals surface area contributed by atoms with E-state index in [-0.39, 0.29) is 6.10 Å². The highest BCUT2D eigenvalue weighted by atomic mass is 31.2. The zero-order valence-corrected chi connectivity index (χ0v) is 7.25. The van der Waals surface area contributed by atoms with Gasteiger partial charge in [-0.3, -0.25) is 4.52 Å². The number of rotatable bonds is 3. The summed E-state index contributed by atoms with van der Waals surface area (Å²) in [5.41, 5.74) is -0.890. The smallest absolute Gasteiger partial charge is 0.370 e. The third-order valence-electron chi connectivity index (χ3n) is 1.46. The number of epoxide rings is 1. The normalized spacial score (nSPS) is 25.3. The molecular formula is C5H11O5P. The lowest BCUT2D eigenvalue weighted by Crippen LogP contribution is -2.29. The van der Waals surface area contributed by atoms with E-state index in [2.05, 4.69) is 4.52 Å². The molecule has 5 nitrogen and oxygen atoms in total. The molecule has 0 aliphatic carbocycles. The van der Waals surface area contributed by atoms with Crippen LogP contribution >= 0.6 is 7.82 Å². The second-order valence-electron chi connectivity index (χ2n) is 3.01. The van der Waals surface area contributed by atoms with Gasteiger partial charge in [0.1, 0.15) is 11.7 Å². The Bertz CT molecular complexity index is 191. The van der Waals surface area contributed by atoms with Gasteiger partial charge in [-0.25, -0.2) is 4.57 Å². The minimum Gasteiger partial charge on any atom is -0.370 e. The Morgan fingerprint density at radius 1 is 1.64 bits per heavy atom. The highest BCUT2D eigenvalue weighted by molar-refractivity contribution is 7.46. The summed E-state index contributed by atoms with van der Waals surface area (Å²) in [6, 6.07) is 0. The van der Waals surface area contributed by atoms with Gasteiger partial charge in [0.2, 0.25) is 0 Å². The van der Waals surface area contributed by atoms with Crippen LogP contribution in [0.4, 0.5) is 0 Å². The monoisotopic (exact) mass is 182 g/mol. The average Bonchev–Trinajstić information content (AvgIpc) is 2.30. The summed E-state index contributed by atoms with van der Waals surface area (Å²) in [6.07, 6.45) is -0.185. The summed E-state index contributed by atoms with van der Waals surface area (Å²) >= 11 is 0. The first kappa shape index (κ1) is 9.16. The summed E-state index contributed by atoms with van der Waals surface area (Å²) in [6.45, 7) is 3.68. The first-order valence-corrected chi connectivity index (χ1v) is 4.72. The molecule has 0 aromatic heterocycles. The number of ether oxygens (including phenoxy) is 1. The maximum atomic E-state index is 10.4. The van der Waals surface area contributed by atoms with Crippen molar-refractivity contribution in [1.29, 1.82) is 0 Å². The van der Waals surface area contributed by atoms with Crippen LogP contribution in [0.1, 0.15) is 13.8 Å². The Hall–Kier alpha value is 0.0700. The van der Waals surface area contributed by atoms with Crippen LogP contribution in [0.2, 0.25) is 0 Å². The average molecular weight is 182 g/mol. The Labute approximate surface area is 64.6 Å². The summed E-state index contributed by atoms with van der Waals surface area (Å²) in [4.78, 5) is 16.9. The van der Waals surface area contributed by atoms with E-state index < -0.39 is 13.4 Å². The lowest BCUT2D eigenvalue weighted by atomic mass is 10.1. The van der Waals surface area contributed by atoms with E-state index in [4.69, 9.17) is 14.5 Å². The zero-order chi connectivity index (χ0) is 8.70. The molecule has 0 bridgehead atoms. The van der Waals surface area contributed by atoms with Crippen molar-refractivity contribution in [3.63, 3.8) is 0 Å². The Balaban J connectivity index is 2.52. The third-order valence-corrected chi connectivity index (χ3v) is 2.17. The van der Waals surface area contributed by atoms with Crippen molar-refractivity contribution >= 4 is 7.82 Å². The number of phosphoric ester groups is 1. The van der Waals surface area contributed by atoms with Crippen molar-refractivity contribution < 1.29 is 23.6 Å². The van der Waals surface area contributed by atoms with Crippen LogP contribution in [0, 0.1) is 0 Å². The topological polar surface area (TPSA) is 79.3 Å². The molecule has 1 saturated heterocycles. The van der Waals surface area contributed by atoms with Gasteiger partial charge in [-0.05, 0) is 13.8 Å². The van der Waals surface area contributed by atoms with Crippen LogP contribution in [0.5, 0.6) is 0 Å². The molecule has 1 fully saturated rings. The maximum Gasteiger partial charge on any atom is 0.470 e. The molecule has 0 amide bonds. The van der Waals surface area contributed by atoms with Crippen molar-refractivity contribution in [3.8, 4) is 0 Å². The summed E-state index contributed by atoms with van der Waals surface area (Å²) in [5, 5.41) is 0. The van der Waals surface area contributed by atoms with Gasteiger partial charge in [0.05, 0.1) is 6.61 Å². The minimum absolute atomic E-state index is 0.185. The third kappa shape index (κ3) is 2.89. The Morgan fingerprint density at radius 2 is 2.09 bits per heavy atom. The largest absolute Gasteiger partial charge is 0.470 e. The van der Waals surface area contributed by atoms with Crippen molar-refractivity contribution in [1.82, 2.24) is 0 Å². The number of hydrogen-bond donors (Lipinski definition) is 2. The van der Waals surface area contributed by atoms with Crippen LogP contribution in [0.25, 0.3) is 0 Å². The van der Waals surface area contributed by atoms with E-state index in [9.17, 15) is 4.57 Å². The van der Waals surface area contributed by atoms with Crippen LogP contribution in [0.15, 0.2) is 0 Å². The summed E-state index contributed by atoms with van der Waals surface area (Å²) in [7, 11) is -4.38. The molecule has 0 spiro atoms. The van der Waals surface area contributed by atoms with E-state index in [1.165, 1.54) is 0 Å².